The third-order valence-corrected chi connectivity index (χ3v) is 3.61. The van der Waals surface area contributed by atoms with Crippen molar-refractivity contribution in [3.8, 4) is 11.5 Å². The summed E-state index contributed by atoms with van der Waals surface area (Å²) < 4.78 is 24.2. The molecule has 0 saturated heterocycles. The molecule has 20 heavy (non-hydrogen) atoms. The predicted molar refractivity (Wildman–Crippen MR) is 73.4 cm³/mol. The summed E-state index contributed by atoms with van der Waals surface area (Å²) in [5.74, 6) is 0.214. The summed E-state index contributed by atoms with van der Waals surface area (Å²) in [5.41, 5.74) is 5.45. The van der Waals surface area contributed by atoms with Crippen molar-refractivity contribution in [3.63, 3.8) is 0 Å². The van der Waals surface area contributed by atoms with Crippen molar-refractivity contribution in [1.29, 1.82) is 0 Å². The Balaban J connectivity index is 2.39. The number of anilines is 1. The molecular formula is C14H18FN3O2. The van der Waals surface area contributed by atoms with Crippen molar-refractivity contribution in [3.05, 3.63) is 29.8 Å². The van der Waals surface area contributed by atoms with Crippen molar-refractivity contribution >= 4 is 5.69 Å². The van der Waals surface area contributed by atoms with E-state index in [1.165, 1.54) is 12.1 Å². The standard InChI is InChI=1S/C14H18FN3O2/c1-4-14(5-2,19-3)13-17-12(20-18-13)9-6-7-11(16)10(15)8-9/h6-8H,4-5,16H2,1-3H3. The highest BCUT2D eigenvalue weighted by Gasteiger charge is 2.33. The third-order valence-electron chi connectivity index (χ3n) is 3.61. The van der Waals surface area contributed by atoms with Crippen molar-refractivity contribution in [2.75, 3.05) is 12.8 Å². The Bertz CT molecular complexity index is 586. The third kappa shape index (κ3) is 2.38. The number of aromatic nitrogens is 2. The Kier molecular flexibility index (Phi) is 4.04. The van der Waals surface area contributed by atoms with Crippen molar-refractivity contribution < 1.29 is 13.7 Å². The van der Waals surface area contributed by atoms with Gasteiger partial charge in [-0.05, 0) is 31.0 Å². The van der Waals surface area contributed by atoms with Gasteiger partial charge in [-0.3, -0.25) is 0 Å². The van der Waals surface area contributed by atoms with Crippen LogP contribution in [0, 0.1) is 5.82 Å². The molecule has 0 aliphatic heterocycles. The molecule has 0 aliphatic carbocycles. The fourth-order valence-corrected chi connectivity index (χ4v) is 2.13. The molecule has 1 aromatic heterocycles. The second kappa shape index (κ2) is 5.58. The fourth-order valence-electron chi connectivity index (χ4n) is 2.13. The molecule has 0 bridgehead atoms. The average molecular weight is 279 g/mol. The maximum absolute atomic E-state index is 13.5. The van der Waals surface area contributed by atoms with E-state index in [-0.39, 0.29) is 11.6 Å². The molecule has 0 radical (unpaired) electrons. The zero-order valence-electron chi connectivity index (χ0n) is 11.8. The molecule has 0 amide bonds. The van der Waals surface area contributed by atoms with Crippen LogP contribution in [0.25, 0.3) is 11.5 Å². The Morgan fingerprint density at radius 1 is 1.35 bits per heavy atom. The first kappa shape index (κ1) is 14.5. The van der Waals surface area contributed by atoms with Crippen LogP contribution in [-0.2, 0) is 10.3 Å². The summed E-state index contributed by atoms with van der Waals surface area (Å²) >= 11 is 0. The molecule has 108 valence electrons. The van der Waals surface area contributed by atoms with Gasteiger partial charge in [-0.1, -0.05) is 19.0 Å². The molecule has 0 unspecified atom stereocenters. The maximum atomic E-state index is 13.5. The molecule has 2 rings (SSSR count). The van der Waals surface area contributed by atoms with Gasteiger partial charge in [-0.25, -0.2) is 4.39 Å². The Hall–Kier alpha value is -1.95. The largest absolute Gasteiger partial charge is 0.396 e. The van der Waals surface area contributed by atoms with Crippen LogP contribution in [0.15, 0.2) is 22.7 Å². The van der Waals surface area contributed by atoms with Crippen LogP contribution in [0.1, 0.15) is 32.5 Å². The van der Waals surface area contributed by atoms with Crippen LogP contribution < -0.4 is 5.73 Å². The zero-order chi connectivity index (χ0) is 14.8. The SMILES string of the molecule is CCC(CC)(OC)c1noc(-c2ccc(N)c(F)c2)n1. The first-order valence-electron chi connectivity index (χ1n) is 6.51. The number of rotatable bonds is 5. The first-order chi connectivity index (χ1) is 9.56. The molecule has 1 aromatic carbocycles. The van der Waals surface area contributed by atoms with E-state index < -0.39 is 11.4 Å². The highest BCUT2D eigenvalue weighted by Crippen LogP contribution is 2.32. The molecule has 5 nitrogen and oxygen atoms in total. The van der Waals surface area contributed by atoms with E-state index in [1.807, 2.05) is 13.8 Å². The van der Waals surface area contributed by atoms with Crippen LogP contribution in [-0.4, -0.2) is 17.3 Å². The monoisotopic (exact) mass is 279 g/mol. The summed E-state index contributed by atoms with van der Waals surface area (Å²) in [7, 11) is 1.62. The van der Waals surface area contributed by atoms with Crippen LogP contribution in [0.5, 0.6) is 0 Å². The van der Waals surface area contributed by atoms with Gasteiger partial charge in [0.15, 0.2) is 0 Å². The van der Waals surface area contributed by atoms with E-state index in [2.05, 4.69) is 10.1 Å². The normalized spacial score (nSPS) is 11.8. The van der Waals surface area contributed by atoms with Gasteiger partial charge in [0.05, 0.1) is 5.69 Å². The van der Waals surface area contributed by atoms with Crippen LogP contribution in [0.4, 0.5) is 10.1 Å². The van der Waals surface area contributed by atoms with Gasteiger partial charge in [0.25, 0.3) is 5.89 Å². The van der Waals surface area contributed by atoms with Crippen LogP contribution >= 0.6 is 0 Å². The molecule has 2 aromatic rings. The van der Waals surface area contributed by atoms with Gasteiger partial charge < -0.3 is 15.0 Å². The number of ether oxygens (including phenoxy) is 1. The summed E-state index contributed by atoms with van der Waals surface area (Å²) in [6, 6.07) is 4.39. The van der Waals surface area contributed by atoms with E-state index in [0.29, 0.717) is 11.4 Å². The summed E-state index contributed by atoms with van der Waals surface area (Å²) in [6.07, 6.45) is 1.43. The highest BCUT2D eigenvalue weighted by atomic mass is 19.1. The van der Waals surface area contributed by atoms with Gasteiger partial charge in [-0.2, -0.15) is 4.98 Å². The molecular weight excluding hydrogens is 261 g/mol. The minimum atomic E-state index is -0.575. The number of nitrogen functional groups attached to an aromatic ring is 1. The minimum Gasteiger partial charge on any atom is -0.396 e. The lowest BCUT2D eigenvalue weighted by atomic mass is 9.96. The number of halogens is 1. The summed E-state index contributed by atoms with van der Waals surface area (Å²) in [6.45, 7) is 3.98. The van der Waals surface area contributed by atoms with Gasteiger partial charge in [0.1, 0.15) is 11.4 Å². The van der Waals surface area contributed by atoms with E-state index in [0.717, 1.165) is 12.8 Å². The second-order valence-corrected chi connectivity index (χ2v) is 4.56. The summed E-state index contributed by atoms with van der Waals surface area (Å²) in [4.78, 5) is 4.33. The quantitative estimate of drug-likeness (QED) is 0.851. The first-order valence-corrected chi connectivity index (χ1v) is 6.51. The molecule has 0 atom stereocenters. The number of nitrogens with zero attached hydrogens (tertiary/aromatic N) is 2. The topological polar surface area (TPSA) is 74.2 Å². The number of nitrogens with two attached hydrogens (primary N) is 1. The van der Waals surface area contributed by atoms with E-state index >= 15 is 0 Å². The van der Waals surface area contributed by atoms with Gasteiger partial charge in [-0.15, -0.1) is 0 Å². The Labute approximate surface area is 116 Å². The minimum absolute atomic E-state index is 0.0850. The van der Waals surface area contributed by atoms with E-state index in [9.17, 15) is 4.39 Å². The fraction of sp³-hybridized carbons (Fsp3) is 0.429. The number of benzene rings is 1. The number of methoxy groups -OCH3 is 1. The average Bonchev–Trinajstić information content (AvgIpc) is 2.95. The molecule has 0 aliphatic rings. The lowest BCUT2D eigenvalue weighted by Crippen LogP contribution is -2.28. The molecule has 6 heteroatoms. The van der Waals surface area contributed by atoms with E-state index in [4.69, 9.17) is 15.0 Å². The van der Waals surface area contributed by atoms with Gasteiger partial charge >= 0.3 is 0 Å². The van der Waals surface area contributed by atoms with Gasteiger partial charge in [0.2, 0.25) is 5.82 Å². The number of hydrogen-bond acceptors (Lipinski definition) is 5. The van der Waals surface area contributed by atoms with Gasteiger partial charge in [0, 0.05) is 12.7 Å². The smallest absolute Gasteiger partial charge is 0.258 e. The Morgan fingerprint density at radius 2 is 2.05 bits per heavy atom. The lowest BCUT2D eigenvalue weighted by Gasteiger charge is -2.25. The maximum Gasteiger partial charge on any atom is 0.258 e. The molecule has 0 saturated carbocycles. The summed E-state index contributed by atoms with van der Waals surface area (Å²) in [5, 5.41) is 3.96. The molecule has 2 N–H and O–H groups in total. The van der Waals surface area contributed by atoms with Crippen LogP contribution in [0.3, 0.4) is 0 Å². The second-order valence-electron chi connectivity index (χ2n) is 4.56. The van der Waals surface area contributed by atoms with Crippen molar-refractivity contribution in [2.45, 2.75) is 32.3 Å². The van der Waals surface area contributed by atoms with E-state index in [1.54, 1.807) is 13.2 Å². The molecule has 1 heterocycles. The van der Waals surface area contributed by atoms with Crippen molar-refractivity contribution in [1.82, 2.24) is 10.1 Å². The lowest BCUT2D eigenvalue weighted by molar-refractivity contribution is -0.0306. The zero-order valence-corrected chi connectivity index (χ0v) is 11.8. The molecule has 0 fully saturated rings. The highest BCUT2D eigenvalue weighted by molar-refractivity contribution is 5.57. The Morgan fingerprint density at radius 3 is 2.60 bits per heavy atom. The predicted octanol–water partition coefficient (Wildman–Crippen LogP) is 3.12. The molecule has 0 spiro atoms. The number of hydrogen-bond donors (Lipinski definition) is 1. The van der Waals surface area contributed by atoms with Crippen LogP contribution in [0.2, 0.25) is 0 Å². The van der Waals surface area contributed by atoms with Crippen molar-refractivity contribution in [2.24, 2.45) is 0 Å².